The van der Waals surface area contributed by atoms with Crippen LogP contribution in [0.25, 0.3) is 0 Å². The highest BCUT2D eigenvalue weighted by Crippen LogP contribution is 2.21. The van der Waals surface area contributed by atoms with E-state index in [0.717, 1.165) is 18.2 Å². The molecule has 0 radical (unpaired) electrons. The Bertz CT molecular complexity index is 852. The molecule has 0 aliphatic carbocycles. The monoisotopic (exact) mass is 364 g/mol. The molecule has 0 atom stereocenters. The summed E-state index contributed by atoms with van der Waals surface area (Å²) in [5.41, 5.74) is 0.334. The molecule has 2 aromatic carbocycles. The number of nitrogens with zero attached hydrogens (tertiary/aromatic N) is 1. The van der Waals surface area contributed by atoms with Crippen LogP contribution in [0.15, 0.2) is 53.4 Å². The number of benzene rings is 2. The molecule has 0 fully saturated rings. The van der Waals surface area contributed by atoms with Crippen molar-refractivity contribution in [3.8, 4) is 0 Å². The summed E-state index contributed by atoms with van der Waals surface area (Å²) >= 11 is 0. The topological polar surface area (TPSA) is 66.5 Å². The molecule has 0 aliphatic rings. The Labute approximate surface area is 147 Å². The van der Waals surface area contributed by atoms with Crippen LogP contribution in [0.2, 0.25) is 0 Å². The molecular weight excluding hydrogens is 343 g/mol. The van der Waals surface area contributed by atoms with E-state index in [1.807, 2.05) is 6.07 Å². The van der Waals surface area contributed by atoms with Gasteiger partial charge in [0.25, 0.3) is 5.91 Å². The standard InChI is InChI=1S/C18H21FN2O3S/c1-4-21(14-8-6-5-7-9-14)18(22)16-12-15(10-11-17(16)19)25(23,24)20-13(2)3/h5-13,20H,4H2,1-3H3. The minimum atomic E-state index is -3.82. The Balaban J connectivity index is 2.44. The normalized spacial score (nSPS) is 11.6. The molecule has 1 amide bonds. The molecule has 134 valence electrons. The van der Waals surface area contributed by atoms with Gasteiger partial charge in [0.1, 0.15) is 5.82 Å². The maximum absolute atomic E-state index is 14.2. The van der Waals surface area contributed by atoms with Gasteiger partial charge in [-0.1, -0.05) is 18.2 Å². The molecule has 5 nitrogen and oxygen atoms in total. The first kappa shape index (κ1) is 19.1. The number of para-hydroxylation sites is 1. The molecule has 2 rings (SSSR count). The zero-order chi connectivity index (χ0) is 18.6. The molecular formula is C18H21FN2O3S. The van der Waals surface area contributed by atoms with E-state index in [-0.39, 0.29) is 16.5 Å². The first-order chi connectivity index (χ1) is 11.8. The second-order valence-electron chi connectivity index (χ2n) is 5.80. The van der Waals surface area contributed by atoms with Gasteiger partial charge in [-0.3, -0.25) is 4.79 Å². The number of carbonyl (C=O) groups excluding carboxylic acids is 1. The van der Waals surface area contributed by atoms with Crippen LogP contribution in [-0.2, 0) is 10.0 Å². The summed E-state index contributed by atoms with van der Waals surface area (Å²) in [5, 5.41) is 0. The van der Waals surface area contributed by atoms with Crippen LogP contribution in [0, 0.1) is 5.82 Å². The fraction of sp³-hybridized carbons (Fsp3) is 0.278. The first-order valence-corrected chi connectivity index (χ1v) is 9.43. The van der Waals surface area contributed by atoms with Gasteiger partial charge in [0.05, 0.1) is 10.5 Å². The number of hydrogen-bond donors (Lipinski definition) is 1. The Kier molecular flexibility index (Phi) is 5.92. The summed E-state index contributed by atoms with van der Waals surface area (Å²) in [7, 11) is -3.82. The highest BCUT2D eigenvalue weighted by Gasteiger charge is 2.23. The lowest BCUT2D eigenvalue weighted by Gasteiger charge is -2.21. The number of sulfonamides is 1. The average Bonchev–Trinajstić information content (AvgIpc) is 2.55. The summed E-state index contributed by atoms with van der Waals surface area (Å²) in [4.78, 5) is 14.0. The number of halogens is 1. The van der Waals surface area contributed by atoms with Crippen LogP contribution in [0.3, 0.4) is 0 Å². The van der Waals surface area contributed by atoms with Gasteiger partial charge in [-0.15, -0.1) is 0 Å². The van der Waals surface area contributed by atoms with Crippen LogP contribution >= 0.6 is 0 Å². The van der Waals surface area contributed by atoms with Crippen molar-refractivity contribution in [1.29, 1.82) is 0 Å². The number of amides is 1. The second kappa shape index (κ2) is 7.76. The quantitative estimate of drug-likeness (QED) is 0.856. The minimum absolute atomic E-state index is 0.143. The SMILES string of the molecule is CCN(C(=O)c1cc(S(=O)(=O)NC(C)C)ccc1F)c1ccccc1. The van der Waals surface area contributed by atoms with Crippen molar-refractivity contribution in [3.05, 3.63) is 59.9 Å². The van der Waals surface area contributed by atoms with Gasteiger partial charge >= 0.3 is 0 Å². The smallest absolute Gasteiger partial charge is 0.261 e. The molecule has 7 heteroatoms. The van der Waals surface area contributed by atoms with Gasteiger partial charge in [0, 0.05) is 18.3 Å². The molecule has 0 unspecified atom stereocenters. The van der Waals surface area contributed by atoms with Crippen molar-refractivity contribution >= 4 is 21.6 Å². The van der Waals surface area contributed by atoms with E-state index in [9.17, 15) is 17.6 Å². The summed E-state index contributed by atoms with van der Waals surface area (Å²) in [6.07, 6.45) is 0. The molecule has 2 aromatic rings. The number of rotatable bonds is 6. The second-order valence-corrected chi connectivity index (χ2v) is 7.52. The number of hydrogen-bond acceptors (Lipinski definition) is 3. The molecule has 0 heterocycles. The van der Waals surface area contributed by atoms with Crippen LogP contribution in [-0.4, -0.2) is 26.9 Å². The van der Waals surface area contributed by atoms with E-state index >= 15 is 0 Å². The molecule has 25 heavy (non-hydrogen) atoms. The molecule has 0 bridgehead atoms. The maximum atomic E-state index is 14.2. The zero-order valence-corrected chi connectivity index (χ0v) is 15.2. The van der Waals surface area contributed by atoms with Crippen LogP contribution < -0.4 is 9.62 Å². The largest absolute Gasteiger partial charge is 0.309 e. The third kappa shape index (κ3) is 4.43. The van der Waals surface area contributed by atoms with Crippen molar-refractivity contribution in [2.75, 3.05) is 11.4 Å². The van der Waals surface area contributed by atoms with Gasteiger partial charge in [-0.2, -0.15) is 0 Å². The lowest BCUT2D eigenvalue weighted by atomic mass is 10.1. The van der Waals surface area contributed by atoms with E-state index in [2.05, 4.69) is 4.72 Å². The number of anilines is 1. The fourth-order valence-electron chi connectivity index (χ4n) is 2.41. The Morgan fingerprint density at radius 2 is 1.80 bits per heavy atom. The van der Waals surface area contributed by atoms with E-state index in [4.69, 9.17) is 0 Å². The number of nitrogens with one attached hydrogen (secondary N) is 1. The van der Waals surface area contributed by atoms with Crippen molar-refractivity contribution in [1.82, 2.24) is 4.72 Å². The predicted molar refractivity (Wildman–Crippen MR) is 95.7 cm³/mol. The lowest BCUT2D eigenvalue weighted by Crippen LogP contribution is -2.32. The lowest BCUT2D eigenvalue weighted by molar-refractivity contribution is 0.0984. The van der Waals surface area contributed by atoms with Gasteiger partial charge in [0.15, 0.2) is 0 Å². The van der Waals surface area contributed by atoms with Gasteiger partial charge in [-0.05, 0) is 51.1 Å². The summed E-state index contributed by atoms with van der Waals surface area (Å²) < 4.78 is 41.2. The molecule has 0 aliphatic heterocycles. The Morgan fingerprint density at radius 1 is 1.16 bits per heavy atom. The van der Waals surface area contributed by atoms with E-state index in [0.29, 0.717) is 12.2 Å². The number of carbonyl (C=O) groups is 1. The van der Waals surface area contributed by atoms with Crippen LogP contribution in [0.4, 0.5) is 10.1 Å². The third-order valence-corrected chi connectivity index (χ3v) is 5.15. The first-order valence-electron chi connectivity index (χ1n) is 7.95. The summed E-state index contributed by atoms with van der Waals surface area (Å²) in [6.45, 7) is 5.45. The van der Waals surface area contributed by atoms with E-state index < -0.39 is 21.7 Å². The predicted octanol–water partition coefficient (Wildman–Crippen LogP) is 3.18. The third-order valence-electron chi connectivity index (χ3n) is 3.50. The van der Waals surface area contributed by atoms with Crippen molar-refractivity contribution in [3.63, 3.8) is 0 Å². The van der Waals surface area contributed by atoms with E-state index in [1.165, 1.54) is 4.90 Å². The fourth-order valence-corrected chi connectivity index (χ4v) is 3.69. The summed E-state index contributed by atoms with van der Waals surface area (Å²) in [6, 6.07) is 11.7. The van der Waals surface area contributed by atoms with Gasteiger partial charge < -0.3 is 4.90 Å². The minimum Gasteiger partial charge on any atom is -0.309 e. The molecule has 0 saturated carbocycles. The van der Waals surface area contributed by atoms with Crippen molar-refractivity contribution < 1.29 is 17.6 Å². The van der Waals surface area contributed by atoms with Crippen LogP contribution in [0.1, 0.15) is 31.1 Å². The van der Waals surface area contributed by atoms with Crippen LogP contribution in [0.5, 0.6) is 0 Å². The highest BCUT2D eigenvalue weighted by atomic mass is 32.2. The van der Waals surface area contributed by atoms with Crippen molar-refractivity contribution in [2.45, 2.75) is 31.7 Å². The zero-order valence-electron chi connectivity index (χ0n) is 14.4. The van der Waals surface area contributed by atoms with E-state index in [1.54, 1.807) is 45.0 Å². The molecule has 1 N–H and O–H groups in total. The van der Waals surface area contributed by atoms with Crippen molar-refractivity contribution in [2.24, 2.45) is 0 Å². The molecule has 0 saturated heterocycles. The summed E-state index contributed by atoms with van der Waals surface area (Å²) in [5.74, 6) is -1.35. The highest BCUT2D eigenvalue weighted by molar-refractivity contribution is 7.89. The Hall–Kier alpha value is -2.25. The van der Waals surface area contributed by atoms with Gasteiger partial charge in [-0.25, -0.2) is 17.5 Å². The van der Waals surface area contributed by atoms with Gasteiger partial charge in [0.2, 0.25) is 10.0 Å². The average molecular weight is 364 g/mol. The molecule has 0 aromatic heterocycles. The maximum Gasteiger partial charge on any atom is 0.261 e. The molecule has 0 spiro atoms. The Morgan fingerprint density at radius 3 is 2.36 bits per heavy atom.